The van der Waals surface area contributed by atoms with E-state index in [1.807, 2.05) is 0 Å². The molecule has 0 saturated heterocycles. The maximum atomic E-state index is 12.3. The van der Waals surface area contributed by atoms with Gasteiger partial charge in [-0.3, -0.25) is 24.0 Å². The Labute approximate surface area is 344 Å². The Morgan fingerprint density at radius 3 is 1.45 bits per heavy atom. The molecule has 0 rings (SSSR count). The van der Waals surface area contributed by atoms with Crippen molar-refractivity contribution in [1.82, 2.24) is 26.7 Å². The minimum atomic E-state index is -1.60. The van der Waals surface area contributed by atoms with Crippen LogP contribution in [0.25, 0.3) is 0 Å². The highest BCUT2D eigenvalue weighted by Gasteiger charge is 2.21. The number of nitrogens with zero attached hydrogens (tertiary/aromatic N) is 1. The van der Waals surface area contributed by atoms with Crippen LogP contribution in [0.2, 0.25) is 0 Å². The molecule has 0 heterocycles. The Balaban J connectivity index is 3.66. The minimum Gasteiger partial charge on any atom is -0.481 e. The smallest absolute Gasteiger partial charge is 0.326 e. The maximum Gasteiger partial charge on any atom is 0.326 e. The molecule has 336 valence electrons. The number of carboxylic acids is 2. The lowest BCUT2D eigenvalue weighted by Gasteiger charge is -2.18. The van der Waals surface area contributed by atoms with Gasteiger partial charge < -0.3 is 56.6 Å². The van der Waals surface area contributed by atoms with E-state index in [2.05, 4.69) is 38.5 Å². The Hall–Kier alpha value is -3.87. The highest BCUT2D eigenvalue weighted by molar-refractivity contribution is 5.87. The fourth-order valence-corrected chi connectivity index (χ4v) is 5.80. The number of hydrogen-bond donors (Lipinski definition) is 9. The van der Waals surface area contributed by atoms with Crippen molar-refractivity contribution in [3.8, 4) is 0 Å². The molecular formula is C40H74N6O12. The summed E-state index contributed by atoms with van der Waals surface area (Å²) in [5.74, 6) is -3.24. The summed E-state index contributed by atoms with van der Waals surface area (Å²) < 4.78 is 11.2. The molecule has 0 unspecified atom stereocenters. The van der Waals surface area contributed by atoms with Crippen LogP contribution >= 0.6 is 0 Å². The van der Waals surface area contributed by atoms with Crippen molar-refractivity contribution in [2.75, 3.05) is 46.1 Å². The zero-order chi connectivity index (χ0) is 43.1. The lowest BCUT2D eigenvalue weighted by atomic mass is 10.1. The molecule has 18 heteroatoms. The minimum absolute atomic E-state index is 0.0860. The SMILES string of the molecule is C=NN[C@@H](CCCCNC(=O)CC[C@H](NC(=O)CCC(=O)NCCCOCCCCOCCCNC(=O)CCCCCCCCCCCCC(=O)O)C(=O)O)C(O)O. The third-order valence-electron chi connectivity index (χ3n) is 9.20. The predicted octanol–water partition coefficient (Wildman–Crippen LogP) is 2.88. The summed E-state index contributed by atoms with van der Waals surface area (Å²) in [6, 6.07) is -1.95. The van der Waals surface area contributed by atoms with Crippen LogP contribution in [0.15, 0.2) is 5.10 Å². The molecule has 9 N–H and O–H groups in total. The summed E-state index contributed by atoms with van der Waals surface area (Å²) in [7, 11) is 0. The van der Waals surface area contributed by atoms with Crippen molar-refractivity contribution in [3.63, 3.8) is 0 Å². The molecule has 0 aliphatic carbocycles. The lowest BCUT2D eigenvalue weighted by Crippen LogP contribution is -2.42. The van der Waals surface area contributed by atoms with E-state index in [4.69, 9.17) is 14.6 Å². The number of aliphatic carboxylic acids is 2. The van der Waals surface area contributed by atoms with E-state index in [1.54, 1.807) is 0 Å². The fraction of sp³-hybridized carbons (Fsp3) is 0.825. The third-order valence-corrected chi connectivity index (χ3v) is 9.20. The number of carbonyl (C=O) groups is 6. The number of aliphatic hydroxyl groups excluding tert-OH is 1. The van der Waals surface area contributed by atoms with Crippen LogP contribution < -0.4 is 26.7 Å². The van der Waals surface area contributed by atoms with Gasteiger partial charge in [-0.25, -0.2) is 4.79 Å². The first kappa shape index (κ1) is 54.1. The van der Waals surface area contributed by atoms with Crippen LogP contribution in [0.1, 0.15) is 148 Å². The van der Waals surface area contributed by atoms with Gasteiger partial charge in [0.2, 0.25) is 23.6 Å². The van der Waals surface area contributed by atoms with Gasteiger partial charge in [0.1, 0.15) is 6.04 Å². The Kier molecular flexibility index (Phi) is 36.1. The molecule has 2 atom stereocenters. The second-order valence-electron chi connectivity index (χ2n) is 14.4. The molecule has 0 spiro atoms. The number of amides is 4. The first-order valence-electron chi connectivity index (χ1n) is 21.2. The number of carbonyl (C=O) groups excluding carboxylic acids is 4. The van der Waals surface area contributed by atoms with Gasteiger partial charge in [0.15, 0.2) is 6.29 Å². The van der Waals surface area contributed by atoms with Gasteiger partial charge >= 0.3 is 11.9 Å². The standard InChI is InChI=1S/C40H74N6O12/c1-41-46-33(40(55)56)18-12-13-25-42-35(48)22-21-32(39(53)54)45-37(50)24-23-36(49)44-27-17-31-58-29-15-14-28-57-30-16-26-43-34(47)19-10-8-6-4-2-3-5-7-9-11-20-38(51)52/h32-33,40,46,55-56H,1-31H2,(H,42,48)(H,43,47)(H,44,49)(H,45,50)(H,51,52)(H,53,54)/t32-,33-/m0/s1. The molecule has 0 bridgehead atoms. The second kappa shape index (κ2) is 38.6. The number of hydrogen-bond acceptors (Lipinski definition) is 12. The first-order valence-corrected chi connectivity index (χ1v) is 21.2. The van der Waals surface area contributed by atoms with Gasteiger partial charge in [0, 0.05) is 84.9 Å². The Bertz CT molecular complexity index is 1130. The lowest BCUT2D eigenvalue weighted by molar-refractivity contribution is -0.142. The maximum absolute atomic E-state index is 12.3. The van der Waals surface area contributed by atoms with Crippen LogP contribution in [0.3, 0.4) is 0 Å². The molecule has 0 aromatic rings. The van der Waals surface area contributed by atoms with Gasteiger partial charge in [0.25, 0.3) is 0 Å². The number of hydrazone groups is 1. The van der Waals surface area contributed by atoms with Gasteiger partial charge in [-0.15, -0.1) is 0 Å². The zero-order valence-electron chi connectivity index (χ0n) is 34.7. The second-order valence-corrected chi connectivity index (χ2v) is 14.4. The molecule has 0 aliphatic rings. The molecule has 0 fully saturated rings. The first-order chi connectivity index (χ1) is 28.0. The van der Waals surface area contributed by atoms with Crippen LogP contribution in [0.5, 0.6) is 0 Å². The van der Waals surface area contributed by atoms with Crippen LogP contribution in [0.4, 0.5) is 0 Å². The van der Waals surface area contributed by atoms with Crippen molar-refractivity contribution < 1.29 is 58.7 Å². The normalized spacial score (nSPS) is 12.1. The fourth-order valence-electron chi connectivity index (χ4n) is 5.80. The number of carboxylic acid groups (broad SMARTS) is 2. The number of rotatable bonds is 42. The summed E-state index contributed by atoms with van der Waals surface area (Å²) in [6.07, 6.45) is 13.9. The quantitative estimate of drug-likeness (QED) is 0.0186. The summed E-state index contributed by atoms with van der Waals surface area (Å²) in [6.45, 7) is 6.76. The average Bonchev–Trinajstić information content (AvgIpc) is 3.18. The molecule has 18 nitrogen and oxygen atoms in total. The third kappa shape index (κ3) is 36.5. The van der Waals surface area contributed by atoms with Crippen LogP contribution in [-0.2, 0) is 38.2 Å². The van der Waals surface area contributed by atoms with Crippen LogP contribution in [0, 0.1) is 0 Å². The zero-order valence-corrected chi connectivity index (χ0v) is 34.7. The predicted molar refractivity (Wildman–Crippen MR) is 219 cm³/mol. The topological polar surface area (TPSA) is 274 Å². The molecule has 0 radical (unpaired) electrons. The van der Waals surface area contributed by atoms with Crippen molar-refractivity contribution in [2.45, 2.75) is 166 Å². The summed E-state index contributed by atoms with van der Waals surface area (Å²) in [4.78, 5) is 70.6. The van der Waals surface area contributed by atoms with E-state index >= 15 is 0 Å². The Morgan fingerprint density at radius 2 is 0.948 bits per heavy atom. The molecule has 0 saturated carbocycles. The summed E-state index contributed by atoms with van der Waals surface area (Å²) >= 11 is 0. The molecule has 0 aromatic carbocycles. The Morgan fingerprint density at radius 1 is 0.500 bits per heavy atom. The van der Waals surface area contributed by atoms with E-state index in [0.29, 0.717) is 78.2 Å². The number of ether oxygens (including phenoxy) is 2. The van der Waals surface area contributed by atoms with Crippen molar-refractivity contribution in [2.24, 2.45) is 5.10 Å². The highest BCUT2D eigenvalue weighted by atomic mass is 16.5. The largest absolute Gasteiger partial charge is 0.481 e. The molecule has 0 aliphatic heterocycles. The van der Waals surface area contributed by atoms with E-state index in [1.165, 1.54) is 19.3 Å². The van der Waals surface area contributed by atoms with Crippen LogP contribution in [-0.4, -0.2) is 127 Å². The van der Waals surface area contributed by atoms with E-state index < -0.39 is 36.2 Å². The van der Waals surface area contributed by atoms with Gasteiger partial charge in [-0.2, -0.15) is 5.10 Å². The average molecular weight is 831 g/mol. The van der Waals surface area contributed by atoms with E-state index in [9.17, 15) is 44.1 Å². The number of nitrogens with one attached hydrogen (secondary N) is 5. The molecular weight excluding hydrogens is 756 g/mol. The highest BCUT2D eigenvalue weighted by Crippen LogP contribution is 2.12. The summed E-state index contributed by atoms with van der Waals surface area (Å²) in [5.41, 5.74) is 2.49. The van der Waals surface area contributed by atoms with Gasteiger partial charge in [-0.05, 0) is 64.2 Å². The van der Waals surface area contributed by atoms with Gasteiger partial charge in [0.05, 0.1) is 6.04 Å². The molecule has 4 amide bonds. The molecule has 0 aromatic heterocycles. The van der Waals surface area contributed by atoms with Crippen molar-refractivity contribution in [3.05, 3.63) is 0 Å². The number of aliphatic hydroxyl groups is 2. The summed E-state index contributed by atoms with van der Waals surface area (Å²) in [5, 5.41) is 50.7. The monoisotopic (exact) mass is 831 g/mol. The van der Waals surface area contributed by atoms with E-state index in [-0.39, 0.29) is 49.8 Å². The molecule has 58 heavy (non-hydrogen) atoms. The van der Waals surface area contributed by atoms with Crippen molar-refractivity contribution in [1.29, 1.82) is 0 Å². The number of unbranched alkanes of at least 4 members (excludes halogenated alkanes) is 11. The van der Waals surface area contributed by atoms with Gasteiger partial charge in [-0.1, -0.05) is 51.4 Å². The van der Waals surface area contributed by atoms with Crippen molar-refractivity contribution >= 4 is 42.3 Å². The van der Waals surface area contributed by atoms with E-state index in [0.717, 1.165) is 64.2 Å².